The highest BCUT2D eigenvalue weighted by atomic mass is 32.2. The number of rotatable bonds is 1. The monoisotopic (exact) mass is 164 g/mol. The molecule has 0 aliphatic carbocycles. The molecule has 44 valence electrons. The van der Waals surface area contributed by atoms with Gasteiger partial charge in [0.1, 0.15) is 0 Å². The molecule has 1 heterocycles. The van der Waals surface area contributed by atoms with Crippen LogP contribution in [-0.2, 0) is 0 Å². The third kappa shape index (κ3) is 1.34. The van der Waals surface area contributed by atoms with Gasteiger partial charge in [0.25, 0.3) is 4.06 Å². The van der Waals surface area contributed by atoms with Crippen molar-refractivity contribution in [2.45, 2.75) is 4.21 Å². The first-order chi connectivity index (χ1) is 3.83. The Morgan fingerprint density at radius 3 is 2.75 bits per heavy atom. The lowest BCUT2D eigenvalue weighted by molar-refractivity contribution is 1.83. The third-order valence-corrected chi connectivity index (χ3v) is 3.78. The summed E-state index contributed by atoms with van der Waals surface area (Å²) < 4.78 is 1.30. The predicted molar refractivity (Wildman–Crippen MR) is 40.2 cm³/mol. The van der Waals surface area contributed by atoms with Crippen molar-refractivity contribution in [3.63, 3.8) is 0 Å². The molecule has 1 rings (SSSR count). The first-order valence-electron chi connectivity index (χ1n) is 1.95. The molecule has 0 N–H and O–H groups in total. The smallest absolute Gasteiger partial charge is 0.265 e. The molecule has 0 saturated heterocycles. The van der Waals surface area contributed by atoms with E-state index in [0.29, 0.717) is 0 Å². The Morgan fingerprint density at radius 2 is 2.50 bits per heavy atom. The lowest BCUT2D eigenvalue weighted by Crippen LogP contribution is -1.73. The molecular formula is C4H4OS3. The van der Waals surface area contributed by atoms with E-state index >= 15 is 0 Å². The van der Waals surface area contributed by atoms with Gasteiger partial charge in [0, 0.05) is 5.38 Å². The molecule has 8 heavy (non-hydrogen) atoms. The van der Waals surface area contributed by atoms with Crippen LogP contribution in [0.5, 0.6) is 0 Å². The van der Waals surface area contributed by atoms with E-state index in [0.717, 1.165) is 4.21 Å². The van der Waals surface area contributed by atoms with Crippen LogP contribution in [0.3, 0.4) is 0 Å². The van der Waals surface area contributed by atoms with Crippen molar-refractivity contribution in [1.82, 2.24) is 0 Å². The van der Waals surface area contributed by atoms with Gasteiger partial charge in [-0.15, -0.1) is 11.8 Å². The van der Waals surface area contributed by atoms with Crippen molar-refractivity contribution < 1.29 is 0 Å². The van der Waals surface area contributed by atoms with Crippen molar-refractivity contribution >= 4 is 34.4 Å². The van der Waals surface area contributed by atoms with Crippen LogP contribution < -0.4 is 4.06 Å². The average molecular weight is 164 g/mol. The van der Waals surface area contributed by atoms with Crippen molar-refractivity contribution in [1.29, 1.82) is 0 Å². The molecule has 0 unspecified atom stereocenters. The summed E-state index contributed by atoms with van der Waals surface area (Å²) >= 11 is 4.20. The molecule has 1 aromatic rings. The van der Waals surface area contributed by atoms with E-state index in [1.165, 1.54) is 22.7 Å². The molecule has 0 radical (unpaired) electrons. The summed E-state index contributed by atoms with van der Waals surface area (Å²) in [6.07, 6.45) is 1.97. The topological polar surface area (TPSA) is 17.1 Å². The Bertz CT molecular complexity index is 211. The predicted octanol–water partition coefficient (Wildman–Crippen LogP) is 1.89. The van der Waals surface area contributed by atoms with Crippen LogP contribution in [0.25, 0.3) is 0 Å². The van der Waals surface area contributed by atoms with Gasteiger partial charge in [-0.1, -0.05) is 22.7 Å². The van der Waals surface area contributed by atoms with Gasteiger partial charge in [0.15, 0.2) is 0 Å². The van der Waals surface area contributed by atoms with E-state index < -0.39 is 0 Å². The number of hydrogen-bond donors (Lipinski definition) is 0. The Kier molecular flexibility index (Phi) is 2.10. The fourth-order valence-corrected chi connectivity index (χ4v) is 2.86. The van der Waals surface area contributed by atoms with Gasteiger partial charge in [0.05, 0.1) is 4.21 Å². The molecule has 0 fully saturated rings. The Balaban J connectivity index is 3.01. The highest BCUT2D eigenvalue weighted by Gasteiger charge is 1.91. The highest BCUT2D eigenvalue weighted by Crippen LogP contribution is 2.18. The van der Waals surface area contributed by atoms with Gasteiger partial charge in [-0.25, -0.2) is 0 Å². The van der Waals surface area contributed by atoms with Crippen LogP contribution in [0, 0.1) is 0 Å². The summed E-state index contributed by atoms with van der Waals surface area (Å²) in [6, 6.07) is 0. The van der Waals surface area contributed by atoms with E-state index in [4.69, 9.17) is 0 Å². The van der Waals surface area contributed by atoms with Crippen LogP contribution in [-0.4, -0.2) is 6.26 Å². The van der Waals surface area contributed by atoms with E-state index in [9.17, 15) is 4.79 Å². The fourth-order valence-electron chi connectivity index (χ4n) is 0.316. The summed E-state index contributed by atoms with van der Waals surface area (Å²) in [6.45, 7) is 0. The van der Waals surface area contributed by atoms with Gasteiger partial charge in [-0.2, -0.15) is 0 Å². The first kappa shape index (κ1) is 6.32. The van der Waals surface area contributed by atoms with Crippen LogP contribution in [0.4, 0.5) is 0 Å². The molecular weight excluding hydrogens is 160 g/mol. The zero-order valence-corrected chi connectivity index (χ0v) is 6.66. The highest BCUT2D eigenvalue weighted by molar-refractivity contribution is 8.00. The van der Waals surface area contributed by atoms with E-state index in [2.05, 4.69) is 0 Å². The lowest BCUT2D eigenvalue weighted by atomic mass is 11.1. The maximum atomic E-state index is 10.5. The largest absolute Gasteiger partial charge is 0.288 e. The molecule has 0 spiro atoms. The normalized spacial score (nSPS) is 9.62. The zero-order valence-electron chi connectivity index (χ0n) is 4.21. The van der Waals surface area contributed by atoms with Crippen molar-refractivity contribution in [2.75, 3.05) is 6.26 Å². The second-order valence-electron chi connectivity index (χ2n) is 1.11. The quantitative estimate of drug-likeness (QED) is 0.590. The minimum Gasteiger partial charge on any atom is -0.265 e. The Morgan fingerprint density at radius 1 is 1.75 bits per heavy atom. The second kappa shape index (κ2) is 2.66. The second-order valence-corrected chi connectivity index (χ2v) is 4.33. The van der Waals surface area contributed by atoms with Crippen molar-refractivity contribution in [3.8, 4) is 0 Å². The minimum atomic E-state index is 0.189. The molecule has 1 aromatic heterocycles. The molecule has 0 amide bonds. The minimum absolute atomic E-state index is 0.189. The maximum absolute atomic E-state index is 10.5. The van der Waals surface area contributed by atoms with Gasteiger partial charge >= 0.3 is 0 Å². The van der Waals surface area contributed by atoms with Gasteiger partial charge in [-0.05, 0) is 6.26 Å². The molecule has 0 bridgehead atoms. The third-order valence-electron chi connectivity index (χ3n) is 0.636. The Hall–Kier alpha value is 0.200. The summed E-state index contributed by atoms with van der Waals surface area (Å²) in [5.74, 6) is 0. The first-order valence-corrected chi connectivity index (χ1v) is 4.87. The number of thioether (sulfide) groups is 1. The van der Waals surface area contributed by atoms with E-state index in [1.54, 1.807) is 11.8 Å². The number of hydrogen-bond acceptors (Lipinski definition) is 4. The standard InChI is InChI=1S/C4H4OS3/c1-6-3-2-7-4(5)8-3/h2H,1H3. The molecule has 0 aliphatic heterocycles. The van der Waals surface area contributed by atoms with E-state index in [1.807, 2.05) is 11.6 Å². The van der Waals surface area contributed by atoms with Crippen molar-refractivity contribution in [3.05, 3.63) is 14.2 Å². The molecule has 0 aromatic carbocycles. The zero-order chi connectivity index (χ0) is 5.98. The van der Waals surface area contributed by atoms with Crippen LogP contribution in [0.1, 0.15) is 0 Å². The van der Waals surface area contributed by atoms with Crippen LogP contribution in [0.15, 0.2) is 14.4 Å². The lowest BCUT2D eigenvalue weighted by Gasteiger charge is -1.76. The Labute approximate surface area is 59.4 Å². The SMILES string of the molecule is CSc1csc(=O)s1. The molecule has 0 aliphatic rings. The molecule has 0 atom stereocenters. The summed E-state index contributed by atoms with van der Waals surface area (Å²) in [5.41, 5.74) is 0. The van der Waals surface area contributed by atoms with Crippen molar-refractivity contribution in [2.24, 2.45) is 0 Å². The molecule has 0 saturated carbocycles. The summed E-state index contributed by atoms with van der Waals surface area (Å²) in [5, 5.41) is 1.89. The van der Waals surface area contributed by atoms with Gasteiger partial charge < -0.3 is 0 Å². The van der Waals surface area contributed by atoms with E-state index in [-0.39, 0.29) is 4.06 Å². The average Bonchev–Trinajstić information content (AvgIpc) is 2.14. The van der Waals surface area contributed by atoms with Crippen LogP contribution in [0.2, 0.25) is 0 Å². The fraction of sp³-hybridized carbons (Fsp3) is 0.250. The summed E-state index contributed by atoms with van der Waals surface area (Å²) in [4.78, 5) is 10.5. The summed E-state index contributed by atoms with van der Waals surface area (Å²) in [7, 11) is 0. The molecule has 1 nitrogen and oxygen atoms in total. The molecule has 4 heteroatoms. The van der Waals surface area contributed by atoms with Gasteiger partial charge in [-0.3, -0.25) is 4.79 Å². The maximum Gasteiger partial charge on any atom is 0.288 e. The van der Waals surface area contributed by atoms with Crippen LogP contribution >= 0.6 is 34.4 Å². The van der Waals surface area contributed by atoms with Gasteiger partial charge in [0.2, 0.25) is 0 Å².